The lowest BCUT2D eigenvalue weighted by molar-refractivity contribution is -0.117. The Labute approximate surface area is 167 Å². The van der Waals surface area contributed by atoms with E-state index in [1.807, 2.05) is 6.07 Å². The Bertz CT molecular complexity index is 1140. The zero-order chi connectivity index (χ0) is 21.0. The van der Waals surface area contributed by atoms with E-state index in [0.29, 0.717) is 22.9 Å². The van der Waals surface area contributed by atoms with Crippen molar-refractivity contribution in [2.24, 2.45) is 5.73 Å². The van der Waals surface area contributed by atoms with Crippen LogP contribution in [0.5, 0.6) is 0 Å². The molecule has 0 radical (unpaired) electrons. The van der Waals surface area contributed by atoms with E-state index in [2.05, 4.69) is 5.32 Å². The second-order valence-corrected chi connectivity index (χ2v) is 8.37. The van der Waals surface area contributed by atoms with Gasteiger partial charge in [0.25, 0.3) is 0 Å². The molecule has 5 nitrogen and oxygen atoms in total. The minimum absolute atomic E-state index is 0.333. The van der Waals surface area contributed by atoms with Crippen molar-refractivity contribution in [2.45, 2.75) is 16.7 Å². The van der Waals surface area contributed by atoms with E-state index in [1.54, 1.807) is 36.4 Å². The van der Waals surface area contributed by atoms with E-state index in [4.69, 9.17) is 5.73 Å². The molecule has 0 heterocycles. The van der Waals surface area contributed by atoms with Gasteiger partial charge in [-0.2, -0.15) is 0 Å². The van der Waals surface area contributed by atoms with Gasteiger partial charge in [0.15, 0.2) is 9.84 Å². The van der Waals surface area contributed by atoms with Gasteiger partial charge in [-0.1, -0.05) is 42.5 Å². The van der Waals surface area contributed by atoms with Gasteiger partial charge >= 0.3 is 0 Å². The molecule has 3 aromatic rings. The second-order valence-electron chi connectivity index (χ2n) is 6.41. The van der Waals surface area contributed by atoms with Crippen LogP contribution in [0.15, 0.2) is 77.7 Å². The molecule has 3 aromatic carbocycles. The summed E-state index contributed by atoms with van der Waals surface area (Å²) < 4.78 is 51.9. The van der Waals surface area contributed by atoms with Gasteiger partial charge in [-0.25, -0.2) is 17.2 Å². The molecular weight excluding hydrogens is 398 g/mol. The van der Waals surface area contributed by atoms with E-state index in [0.717, 1.165) is 12.1 Å². The van der Waals surface area contributed by atoms with Crippen molar-refractivity contribution >= 4 is 21.4 Å². The molecule has 3 rings (SSSR count). The highest BCUT2D eigenvalue weighted by atomic mass is 32.2. The average Bonchev–Trinajstić information content (AvgIpc) is 2.67. The lowest BCUT2D eigenvalue weighted by Crippen LogP contribution is -2.27. The molecule has 0 aliphatic heterocycles. The fourth-order valence-corrected chi connectivity index (χ4v) is 4.20. The normalized spacial score (nSPS) is 12.4. The van der Waals surface area contributed by atoms with Gasteiger partial charge in [0.2, 0.25) is 5.91 Å². The average molecular weight is 416 g/mol. The number of hydrogen-bond acceptors (Lipinski definition) is 4. The number of sulfone groups is 1. The molecule has 0 aliphatic rings. The topological polar surface area (TPSA) is 89.3 Å². The van der Waals surface area contributed by atoms with E-state index in [1.165, 1.54) is 12.1 Å². The van der Waals surface area contributed by atoms with Crippen LogP contribution >= 0.6 is 0 Å². The first kappa shape index (κ1) is 20.6. The zero-order valence-corrected chi connectivity index (χ0v) is 16.0. The molecule has 0 fully saturated rings. The van der Waals surface area contributed by atoms with Crippen LogP contribution in [0.2, 0.25) is 0 Å². The molecule has 0 aliphatic carbocycles. The number of anilines is 1. The van der Waals surface area contributed by atoms with Gasteiger partial charge < -0.3 is 11.1 Å². The van der Waals surface area contributed by atoms with E-state index < -0.39 is 44.1 Å². The first-order valence-corrected chi connectivity index (χ1v) is 10.3. The van der Waals surface area contributed by atoms with E-state index >= 15 is 0 Å². The van der Waals surface area contributed by atoms with E-state index in [-0.39, 0.29) is 0 Å². The number of nitrogens with one attached hydrogen (secondary N) is 1. The van der Waals surface area contributed by atoms with Gasteiger partial charge in [-0.05, 0) is 35.4 Å². The van der Waals surface area contributed by atoms with Crippen LogP contribution in [0.4, 0.5) is 14.5 Å². The Balaban J connectivity index is 1.76. The minimum Gasteiger partial charge on any atom is -0.324 e. The van der Waals surface area contributed by atoms with Crippen molar-refractivity contribution in [3.63, 3.8) is 0 Å². The summed E-state index contributed by atoms with van der Waals surface area (Å²) in [4.78, 5) is 11.8. The number of benzene rings is 3. The quantitative estimate of drug-likeness (QED) is 0.601. The molecule has 1 amide bonds. The van der Waals surface area contributed by atoms with Crippen LogP contribution in [0.3, 0.4) is 0 Å². The summed E-state index contributed by atoms with van der Waals surface area (Å²) in [5, 5.41) is 2.64. The molecule has 1 unspecified atom stereocenters. The summed E-state index contributed by atoms with van der Waals surface area (Å²) in [6.07, 6.45) is 0. The maximum atomic E-state index is 13.9. The van der Waals surface area contributed by atoms with Crippen LogP contribution in [0.1, 0.15) is 17.2 Å². The fraction of sp³-hybridized carbons (Fsp3) is 0.0952. The fourth-order valence-electron chi connectivity index (χ4n) is 2.80. The van der Waals surface area contributed by atoms with Gasteiger partial charge in [0.05, 0.1) is 5.75 Å². The predicted octanol–water partition coefficient (Wildman–Crippen LogP) is 3.58. The summed E-state index contributed by atoms with van der Waals surface area (Å²) in [7, 11) is -4.04. The number of nitrogens with two attached hydrogens (primary N) is 1. The highest BCUT2D eigenvalue weighted by Gasteiger charge is 2.21. The Hall–Kier alpha value is -3.10. The molecule has 150 valence electrons. The molecule has 0 bridgehead atoms. The monoisotopic (exact) mass is 416 g/mol. The van der Waals surface area contributed by atoms with Crippen molar-refractivity contribution in [1.29, 1.82) is 0 Å². The summed E-state index contributed by atoms with van der Waals surface area (Å²) in [6, 6.07) is 16.4. The SMILES string of the molecule is NC(C(=O)Nc1cccc(CS(=O)(=O)c2ccc(F)cc2F)c1)c1ccccc1. The largest absolute Gasteiger partial charge is 0.324 e. The standard InChI is InChI=1S/C21H18F2N2O3S/c22-16-9-10-19(18(23)12-16)29(27,28)13-14-5-4-8-17(11-14)25-21(26)20(24)15-6-2-1-3-7-15/h1-12,20H,13,24H2,(H,25,26). The Morgan fingerprint density at radius 2 is 1.69 bits per heavy atom. The number of amides is 1. The lowest BCUT2D eigenvalue weighted by atomic mass is 10.1. The molecule has 0 spiro atoms. The van der Waals surface area contributed by atoms with Gasteiger partial charge in [-0.3, -0.25) is 4.79 Å². The lowest BCUT2D eigenvalue weighted by Gasteiger charge is -2.13. The molecule has 8 heteroatoms. The zero-order valence-electron chi connectivity index (χ0n) is 15.2. The number of carbonyl (C=O) groups is 1. The van der Waals surface area contributed by atoms with Gasteiger partial charge in [-0.15, -0.1) is 0 Å². The second kappa shape index (κ2) is 8.50. The first-order chi connectivity index (χ1) is 13.8. The molecule has 0 saturated carbocycles. The molecule has 29 heavy (non-hydrogen) atoms. The van der Waals surface area contributed by atoms with Crippen molar-refractivity contribution in [2.75, 3.05) is 5.32 Å². The summed E-state index contributed by atoms with van der Waals surface area (Å²) >= 11 is 0. The number of halogens is 2. The molecule has 0 aromatic heterocycles. The van der Waals surface area contributed by atoms with Gasteiger partial charge in [0.1, 0.15) is 22.6 Å². The van der Waals surface area contributed by atoms with E-state index in [9.17, 15) is 22.0 Å². The third kappa shape index (κ3) is 5.04. The Morgan fingerprint density at radius 1 is 0.966 bits per heavy atom. The highest BCUT2D eigenvalue weighted by molar-refractivity contribution is 7.90. The van der Waals surface area contributed by atoms with Crippen LogP contribution in [0.25, 0.3) is 0 Å². The summed E-state index contributed by atoms with van der Waals surface area (Å²) in [6.45, 7) is 0. The first-order valence-electron chi connectivity index (χ1n) is 8.64. The predicted molar refractivity (Wildman–Crippen MR) is 106 cm³/mol. The van der Waals surface area contributed by atoms with Crippen LogP contribution in [-0.4, -0.2) is 14.3 Å². The van der Waals surface area contributed by atoms with Crippen molar-refractivity contribution in [1.82, 2.24) is 0 Å². The van der Waals surface area contributed by atoms with Crippen molar-refractivity contribution < 1.29 is 22.0 Å². The molecular formula is C21H18F2N2O3S. The summed E-state index contributed by atoms with van der Waals surface area (Å²) in [5.41, 5.74) is 7.27. The maximum absolute atomic E-state index is 13.9. The van der Waals surface area contributed by atoms with Crippen molar-refractivity contribution in [3.05, 3.63) is 95.6 Å². The molecule has 0 saturated heterocycles. The maximum Gasteiger partial charge on any atom is 0.245 e. The summed E-state index contributed by atoms with van der Waals surface area (Å²) in [5.74, 6) is -2.98. The number of carbonyl (C=O) groups excluding carboxylic acids is 1. The molecule has 1 atom stereocenters. The Kier molecular flexibility index (Phi) is 6.05. The van der Waals surface area contributed by atoms with Gasteiger partial charge in [0, 0.05) is 11.8 Å². The van der Waals surface area contributed by atoms with Crippen LogP contribution < -0.4 is 11.1 Å². The van der Waals surface area contributed by atoms with Crippen LogP contribution in [0, 0.1) is 11.6 Å². The smallest absolute Gasteiger partial charge is 0.245 e. The Morgan fingerprint density at radius 3 is 2.38 bits per heavy atom. The van der Waals surface area contributed by atoms with Crippen molar-refractivity contribution in [3.8, 4) is 0 Å². The minimum atomic E-state index is -4.04. The van der Waals surface area contributed by atoms with Crippen LogP contribution in [-0.2, 0) is 20.4 Å². The third-order valence-electron chi connectivity index (χ3n) is 4.22. The molecule has 3 N–H and O–H groups in total. The number of rotatable bonds is 6. The highest BCUT2D eigenvalue weighted by Crippen LogP contribution is 2.22. The number of hydrogen-bond donors (Lipinski definition) is 2. The third-order valence-corrected chi connectivity index (χ3v) is 5.94.